The lowest BCUT2D eigenvalue weighted by atomic mass is 9.99. The van der Waals surface area contributed by atoms with Gasteiger partial charge < -0.3 is 14.6 Å². The van der Waals surface area contributed by atoms with Gasteiger partial charge in [-0.1, -0.05) is 24.6 Å². The molecule has 0 spiro atoms. The van der Waals surface area contributed by atoms with Crippen LogP contribution in [0, 0.1) is 12.8 Å². The van der Waals surface area contributed by atoms with E-state index in [1.54, 1.807) is 12.3 Å². The number of carbonyl (C=O) groups excluding carboxylic acids is 1. The zero-order valence-corrected chi connectivity index (χ0v) is 16.9. The van der Waals surface area contributed by atoms with Gasteiger partial charge in [-0.05, 0) is 50.9 Å². The molecule has 2 aromatic rings. The molecule has 1 amide bonds. The van der Waals surface area contributed by atoms with Crippen LogP contribution < -0.4 is 15.5 Å². The minimum atomic E-state index is -0.155. The van der Waals surface area contributed by atoms with Crippen molar-refractivity contribution < 1.29 is 9.53 Å². The molecular weight excluding hydrogens is 354 g/mol. The number of ether oxygens (including phenoxy) is 1. The molecule has 0 bridgehead atoms. The van der Waals surface area contributed by atoms with Crippen molar-refractivity contribution in [1.82, 2.24) is 9.47 Å². The van der Waals surface area contributed by atoms with Gasteiger partial charge in [0.2, 0.25) is 11.3 Å². The minimum absolute atomic E-state index is 0.129. The van der Waals surface area contributed by atoms with Gasteiger partial charge in [-0.15, -0.1) is 0 Å². The third-order valence-electron chi connectivity index (χ3n) is 5.31. The van der Waals surface area contributed by atoms with E-state index in [9.17, 15) is 9.59 Å². The van der Waals surface area contributed by atoms with Gasteiger partial charge in [-0.25, -0.2) is 0 Å². The van der Waals surface area contributed by atoms with Crippen LogP contribution in [0.15, 0.2) is 41.3 Å². The Hall–Kier alpha value is -2.60. The second-order valence-electron chi connectivity index (χ2n) is 7.70. The second kappa shape index (κ2) is 9.06. The van der Waals surface area contributed by atoms with Crippen molar-refractivity contribution in [3.63, 3.8) is 0 Å². The Morgan fingerprint density at radius 1 is 1.21 bits per heavy atom. The molecule has 6 heteroatoms. The highest BCUT2D eigenvalue weighted by molar-refractivity contribution is 5.90. The van der Waals surface area contributed by atoms with E-state index in [-0.39, 0.29) is 23.6 Å². The summed E-state index contributed by atoms with van der Waals surface area (Å²) < 4.78 is 7.00. The van der Waals surface area contributed by atoms with Gasteiger partial charge >= 0.3 is 0 Å². The van der Waals surface area contributed by atoms with Crippen molar-refractivity contribution in [1.29, 1.82) is 0 Å². The standard InChI is InChI=1S/C22H29N3O3/c1-16-4-6-18(7-5-16)23-22(27)15-25-14-21(28-3)20(26)12-19(25)13-24-10-8-17(2)9-11-24/h4-7,12,14,17H,8-11,13,15H2,1-3H3,(H,23,27). The average Bonchev–Trinajstić information content (AvgIpc) is 2.67. The molecule has 0 aliphatic carbocycles. The van der Waals surface area contributed by atoms with E-state index >= 15 is 0 Å². The first-order valence-corrected chi connectivity index (χ1v) is 9.81. The summed E-state index contributed by atoms with van der Waals surface area (Å²) in [6.07, 6.45) is 3.96. The predicted octanol–water partition coefficient (Wildman–Crippen LogP) is 3.04. The van der Waals surface area contributed by atoms with Gasteiger partial charge in [-0.3, -0.25) is 14.5 Å². The van der Waals surface area contributed by atoms with E-state index < -0.39 is 0 Å². The van der Waals surface area contributed by atoms with E-state index in [1.807, 2.05) is 35.8 Å². The first-order valence-electron chi connectivity index (χ1n) is 9.81. The van der Waals surface area contributed by atoms with Crippen LogP contribution in [0.2, 0.25) is 0 Å². The van der Waals surface area contributed by atoms with Crippen LogP contribution >= 0.6 is 0 Å². The average molecular weight is 383 g/mol. The molecule has 2 heterocycles. The lowest BCUT2D eigenvalue weighted by molar-refractivity contribution is -0.116. The second-order valence-corrected chi connectivity index (χ2v) is 7.70. The smallest absolute Gasteiger partial charge is 0.244 e. The highest BCUT2D eigenvalue weighted by atomic mass is 16.5. The molecule has 1 saturated heterocycles. The van der Waals surface area contributed by atoms with Gasteiger partial charge in [-0.2, -0.15) is 0 Å². The zero-order chi connectivity index (χ0) is 20.1. The molecule has 0 radical (unpaired) electrons. The summed E-state index contributed by atoms with van der Waals surface area (Å²) >= 11 is 0. The van der Waals surface area contributed by atoms with Gasteiger partial charge in [0, 0.05) is 24.0 Å². The maximum Gasteiger partial charge on any atom is 0.244 e. The Morgan fingerprint density at radius 2 is 1.89 bits per heavy atom. The number of methoxy groups -OCH3 is 1. The number of piperidine rings is 1. The molecule has 6 nitrogen and oxygen atoms in total. The molecule has 1 aromatic carbocycles. The molecule has 1 N–H and O–H groups in total. The number of benzene rings is 1. The van der Waals surface area contributed by atoms with Crippen molar-refractivity contribution in [3.8, 4) is 5.75 Å². The Kier molecular flexibility index (Phi) is 6.52. The Bertz CT molecular complexity index is 866. The van der Waals surface area contributed by atoms with Crippen LogP contribution in [0.25, 0.3) is 0 Å². The third kappa shape index (κ3) is 5.23. The molecule has 0 atom stereocenters. The lowest BCUT2D eigenvalue weighted by Crippen LogP contribution is -2.34. The van der Waals surface area contributed by atoms with E-state index in [1.165, 1.54) is 7.11 Å². The van der Waals surface area contributed by atoms with Gasteiger partial charge in [0.15, 0.2) is 5.75 Å². The maximum absolute atomic E-state index is 12.6. The molecule has 1 aliphatic heterocycles. The first kappa shape index (κ1) is 20.1. The Balaban J connectivity index is 1.76. The first-order chi connectivity index (χ1) is 13.4. The minimum Gasteiger partial charge on any atom is -0.491 e. The number of nitrogens with one attached hydrogen (secondary N) is 1. The van der Waals surface area contributed by atoms with E-state index in [2.05, 4.69) is 17.1 Å². The summed E-state index contributed by atoms with van der Waals surface area (Å²) in [5, 5.41) is 2.91. The van der Waals surface area contributed by atoms with Crippen LogP contribution in [0.5, 0.6) is 5.75 Å². The number of pyridine rings is 1. The Labute approximate surface area is 166 Å². The Morgan fingerprint density at radius 3 is 2.54 bits per heavy atom. The largest absolute Gasteiger partial charge is 0.491 e. The summed E-state index contributed by atoms with van der Waals surface area (Å²) in [6, 6.07) is 9.28. The SMILES string of the molecule is COc1cn(CC(=O)Nc2ccc(C)cc2)c(CN2CCC(C)CC2)cc1=O. The highest BCUT2D eigenvalue weighted by Crippen LogP contribution is 2.19. The number of hydrogen-bond acceptors (Lipinski definition) is 4. The van der Waals surface area contributed by atoms with Crippen molar-refractivity contribution in [3.05, 3.63) is 58.0 Å². The fourth-order valence-electron chi connectivity index (χ4n) is 3.47. The van der Waals surface area contributed by atoms with E-state index in [4.69, 9.17) is 4.74 Å². The van der Waals surface area contributed by atoms with Crippen LogP contribution in [0.3, 0.4) is 0 Å². The summed E-state index contributed by atoms with van der Waals surface area (Å²) in [7, 11) is 1.47. The zero-order valence-electron chi connectivity index (χ0n) is 16.9. The maximum atomic E-state index is 12.6. The van der Waals surface area contributed by atoms with Gasteiger partial charge in [0.05, 0.1) is 13.3 Å². The van der Waals surface area contributed by atoms with Crippen LogP contribution in [-0.2, 0) is 17.9 Å². The molecule has 1 aliphatic rings. The number of hydrogen-bond donors (Lipinski definition) is 1. The van der Waals surface area contributed by atoms with Crippen LogP contribution in [0.1, 0.15) is 31.0 Å². The normalized spacial score (nSPS) is 15.4. The van der Waals surface area contributed by atoms with Crippen molar-refractivity contribution in [2.45, 2.75) is 39.8 Å². The number of anilines is 1. The number of aromatic nitrogens is 1. The molecule has 150 valence electrons. The summed E-state index contributed by atoms with van der Waals surface area (Å²) in [5.41, 5.74) is 2.58. The number of rotatable bonds is 6. The molecule has 1 fully saturated rings. The number of aryl methyl sites for hydroxylation is 1. The summed E-state index contributed by atoms with van der Waals surface area (Å²) in [6.45, 7) is 7.09. The monoisotopic (exact) mass is 383 g/mol. The van der Waals surface area contributed by atoms with Crippen LogP contribution in [-0.4, -0.2) is 35.6 Å². The molecule has 1 aromatic heterocycles. The fourth-order valence-corrected chi connectivity index (χ4v) is 3.47. The topological polar surface area (TPSA) is 63.6 Å². The van der Waals surface area contributed by atoms with Crippen molar-refractivity contribution >= 4 is 11.6 Å². The predicted molar refractivity (Wildman–Crippen MR) is 111 cm³/mol. The molecule has 28 heavy (non-hydrogen) atoms. The van der Waals surface area contributed by atoms with Crippen LogP contribution in [0.4, 0.5) is 5.69 Å². The lowest BCUT2D eigenvalue weighted by Gasteiger charge is -2.31. The number of likely N-dealkylation sites (tertiary alicyclic amines) is 1. The quantitative estimate of drug-likeness (QED) is 0.833. The van der Waals surface area contributed by atoms with E-state index in [0.29, 0.717) is 6.54 Å². The van der Waals surface area contributed by atoms with Crippen molar-refractivity contribution in [2.75, 3.05) is 25.5 Å². The number of amides is 1. The van der Waals surface area contributed by atoms with Crippen molar-refractivity contribution in [2.24, 2.45) is 5.92 Å². The number of nitrogens with zero attached hydrogens (tertiary/aromatic N) is 2. The fraction of sp³-hybridized carbons (Fsp3) is 0.455. The molecule has 0 saturated carbocycles. The molecule has 0 unspecified atom stereocenters. The molecule has 3 rings (SSSR count). The summed E-state index contributed by atoms with van der Waals surface area (Å²) in [5.74, 6) is 0.858. The summed E-state index contributed by atoms with van der Waals surface area (Å²) in [4.78, 5) is 27.2. The third-order valence-corrected chi connectivity index (χ3v) is 5.31. The van der Waals surface area contributed by atoms with Gasteiger partial charge in [0.25, 0.3) is 0 Å². The highest BCUT2D eigenvalue weighted by Gasteiger charge is 2.18. The molecular formula is C22H29N3O3. The van der Waals surface area contributed by atoms with Gasteiger partial charge in [0.1, 0.15) is 6.54 Å². The van der Waals surface area contributed by atoms with E-state index in [0.717, 1.165) is 48.8 Å². The number of carbonyl (C=O) groups is 1.